The lowest BCUT2D eigenvalue weighted by Gasteiger charge is -2.43. The molecule has 2 rings (SSSR count). The lowest BCUT2D eigenvalue weighted by atomic mass is 9.79. The fourth-order valence-electron chi connectivity index (χ4n) is 3.38. The van der Waals surface area contributed by atoms with E-state index in [1.54, 1.807) is 4.90 Å². The maximum Gasteiger partial charge on any atom is 0.410 e. The van der Waals surface area contributed by atoms with Crippen molar-refractivity contribution in [1.82, 2.24) is 10.2 Å². The third-order valence-corrected chi connectivity index (χ3v) is 4.66. The number of nitrogens with zero attached hydrogens (tertiary/aromatic N) is 1. The van der Waals surface area contributed by atoms with Gasteiger partial charge in [-0.2, -0.15) is 0 Å². The van der Waals surface area contributed by atoms with E-state index >= 15 is 0 Å². The second-order valence-corrected chi connectivity index (χ2v) is 8.12. The molecule has 1 aliphatic carbocycles. The summed E-state index contributed by atoms with van der Waals surface area (Å²) in [5.41, 5.74) is -0.399. The molecular formula is C17H32N2O2. The molecule has 2 unspecified atom stereocenters. The van der Waals surface area contributed by atoms with Crippen molar-refractivity contribution in [3.05, 3.63) is 0 Å². The topological polar surface area (TPSA) is 41.6 Å². The average molecular weight is 296 g/mol. The van der Waals surface area contributed by atoms with Gasteiger partial charge in [-0.3, -0.25) is 0 Å². The second kappa shape index (κ2) is 6.55. The van der Waals surface area contributed by atoms with Gasteiger partial charge in [-0.25, -0.2) is 4.79 Å². The normalized spacial score (nSPS) is 27.6. The third kappa shape index (κ3) is 4.87. The van der Waals surface area contributed by atoms with Crippen LogP contribution in [0.4, 0.5) is 4.79 Å². The van der Waals surface area contributed by atoms with Crippen LogP contribution in [-0.4, -0.2) is 41.8 Å². The van der Waals surface area contributed by atoms with Gasteiger partial charge < -0.3 is 15.0 Å². The zero-order chi connectivity index (χ0) is 15.6. The first-order chi connectivity index (χ1) is 9.74. The van der Waals surface area contributed by atoms with Gasteiger partial charge in [0, 0.05) is 25.2 Å². The van der Waals surface area contributed by atoms with Gasteiger partial charge in [0.1, 0.15) is 5.60 Å². The number of ether oxygens (including phenoxy) is 1. The zero-order valence-corrected chi connectivity index (χ0v) is 14.3. The van der Waals surface area contributed by atoms with Gasteiger partial charge in [0.05, 0.1) is 0 Å². The lowest BCUT2D eigenvalue weighted by molar-refractivity contribution is 0.00310. The first kappa shape index (κ1) is 16.6. The van der Waals surface area contributed by atoms with Crippen molar-refractivity contribution in [3.8, 4) is 0 Å². The van der Waals surface area contributed by atoms with Crippen molar-refractivity contribution in [2.75, 3.05) is 13.1 Å². The van der Waals surface area contributed by atoms with E-state index in [9.17, 15) is 4.79 Å². The Balaban J connectivity index is 1.69. The van der Waals surface area contributed by atoms with Crippen LogP contribution >= 0.6 is 0 Å². The predicted molar refractivity (Wildman–Crippen MR) is 85.3 cm³/mol. The van der Waals surface area contributed by atoms with E-state index < -0.39 is 5.60 Å². The molecular weight excluding hydrogens is 264 g/mol. The van der Waals surface area contributed by atoms with Crippen LogP contribution in [0.5, 0.6) is 0 Å². The largest absolute Gasteiger partial charge is 0.444 e. The van der Waals surface area contributed by atoms with Crippen molar-refractivity contribution in [2.24, 2.45) is 11.8 Å². The number of carbonyl (C=O) groups excluding carboxylic acids is 1. The van der Waals surface area contributed by atoms with Crippen molar-refractivity contribution in [3.63, 3.8) is 0 Å². The Morgan fingerprint density at radius 1 is 1.19 bits per heavy atom. The zero-order valence-electron chi connectivity index (χ0n) is 14.3. The highest BCUT2D eigenvalue weighted by molar-refractivity contribution is 5.69. The average Bonchev–Trinajstić information content (AvgIpc) is 2.31. The van der Waals surface area contributed by atoms with Gasteiger partial charge in [-0.15, -0.1) is 0 Å². The van der Waals surface area contributed by atoms with E-state index in [4.69, 9.17) is 4.74 Å². The lowest BCUT2D eigenvalue weighted by Crippen LogP contribution is -2.62. The Kier molecular flexibility index (Phi) is 5.18. The molecule has 4 nitrogen and oxygen atoms in total. The number of rotatable bonds is 3. The number of hydrogen-bond acceptors (Lipinski definition) is 3. The van der Waals surface area contributed by atoms with Gasteiger partial charge in [-0.05, 0) is 45.4 Å². The summed E-state index contributed by atoms with van der Waals surface area (Å²) in [6.45, 7) is 12.0. The molecule has 2 fully saturated rings. The maximum atomic E-state index is 11.9. The smallest absolute Gasteiger partial charge is 0.410 e. The molecule has 2 aliphatic rings. The van der Waals surface area contributed by atoms with E-state index in [0.717, 1.165) is 24.9 Å². The molecule has 0 radical (unpaired) electrons. The Bertz CT molecular complexity index is 356. The highest BCUT2D eigenvalue weighted by atomic mass is 16.6. The van der Waals surface area contributed by atoms with E-state index in [-0.39, 0.29) is 6.09 Å². The van der Waals surface area contributed by atoms with Crippen molar-refractivity contribution < 1.29 is 9.53 Å². The van der Waals surface area contributed by atoms with Crippen LogP contribution in [0.3, 0.4) is 0 Å². The van der Waals surface area contributed by atoms with Crippen LogP contribution in [0, 0.1) is 11.8 Å². The summed E-state index contributed by atoms with van der Waals surface area (Å²) in [7, 11) is 0. The highest BCUT2D eigenvalue weighted by Crippen LogP contribution is 2.30. The molecule has 21 heavy (non-hydrogen) atoms. The Labute approximate surface area is 129 Å². The van der Waals surface area contributed by atoms with Crippen LogP contribution in [0.2, 0.25) is 0 Å². The number of amides is 1. The molecule has 0 aromatic rings. The minimum atomic E-state index is -0.399. The van der Waals surface area contributed by atoms with Gasteiger partial charge in [0.15, 0.2) is 0 Å². The first-order valence-electron chi connectivity index (χ1n) is 8.48. The maximum absolute atomic E-state index is 11.9. The van der Waals surface area contributed by atoms with Gasteiger partial charge in [0.25, 0.3) is 0 Å². The number of nitrogens with one attached hydrogen (secondary N) is 1. The molecule has 0 bridgehead atoms. The Morgan fingerprint density at radius 2 is 1.86 bits per heavy atom. The third-order valence-electron chi connectivity index (χ3n) is 4.66. The van der Waals surface area contributed by atoms with Crippen molar-refractivity contribution in [1.29, 1.82) is 0 Å². The molecule has 1 saturated heterocycles. The Hall–Kier alpha value is -0.770. The van der Waals surface area contributed by atoms with Crippen molar-refractivity contribution in [2.45, 2.75) is 78.0 Å². The summed E-state index contributed by atoms with van der Waals surface area (Å²) in [5.74, 6) is 1.65. The van der Waals surface area contributed by atoms with Crippen LogP contribution in [-0.2, 0) is 4.74 Å². The molecule has 4 heteroatoms. The molecule has 1 heterocycles. The summed E-state index contributed by atoms with van der Waals surface area (Å²) in [6.07, 6.45) is 5.12. The van der Waals surface area contributed by atoms with Crippen LogP contribution in [0.25, 0.3) is 0 Å². The van der Waals surface area contributed by atoms with E-state index in [0.29, 0.717) is 12.1 Å². The summed E-state index contributed by atoms with van der Waals surface area (Å²) in [4.78, 5) is 13.7. The predicted octanol–water partition coefficient (Wildman–Crippen LogP) is 3.41. The Morgan fingerprint density at radius 3 is 2.43 bits per heavy atom. The number of likely N-dealkylation sites (tertiary alicyclic amines) is 1. The molecule has 2 atom stereocenters. The SMILES string of the molecule is CC(C)C1CCCC(NC2CN(C(=O)OC(C)(C)C)C2)C1. The molecule has 122 valence electrons. The van der Waals surface area contributed by atoms with Crippen LogP contribution in [0.1, 0.15) is 60.3 Å². The summed E-state index contributed by atoms with van der Waals surface area (Å²) < 4.78 is 5.39. The van der Waals surface area contributed by atoms with Crippen molar-refractivity contribution >= 4 is 6.09 Å². The van der Waals surface area contributed by atoms with Gasteiger partial charge in [-0.1, -0.05) is 26.7 Å². The monoisotopic (exact) mass is 296 g/mol. The minimum absolute atomic E-state index is 0.177. The molecule has 0 spiro atoms. The standard InChI is InChI=1S/C17H32N2O2/c1-12(2)13-7-6-8-14(9-13)18-15-10-19(11-15)16(20)21-17(3,4)5/h12-15,18H,6-11H2,1-5H3. The van der Waals surface area contributed by atoms with E-state index in [2.05, 4.69) is 19.2 Å². The molecule has 1 N–H and O–H groups in total. The molecule has 1 aliphatic heterocycles. The minimum Gasteiger partial charge on any atom is -0.444 e. The number of hydrogen-bond donors (Lipinski definition) is 1. The summed E-state index contributed by atoms with van der Waals surface area (Å²) in [6, 6.07) is 1.09. The first-order valence-corrected chi connectivity index (χ1v) is 8.48. The van der Waals surface area contributed by atoms with Crippen LogP contribution in [0.15, 0.2) is 0 Å². The fourth-order valence-corrected chi connectivity index (χ4v) is 3.38. The second-order valence-electron chi connectivity index (χ2n) is 8.12. The summed E-state index contributed by atoms with van der Waals surface area (Å²) >= 11 is 0. The summed E-state index contributed by atoms with van der Waals surface area (Å²) in [5, 5.41) is 3.74. The van der Waals surface area contributed by atoms with E-state index in [1.165, 1.54) is 25.7 Å². The molecule has 0 aromatic carbocycles. The molecule has 1 saturated carbocycles. The van der Waals surface area contributed by atoms with E-state index in [1.807, 2.05) is 20.8 Å². The van der Waals surface area contributed by atoms with Crippen LogP contribution < -0.4 is 5.32 Å². The highest BCUT2D eigenvalue weighted by Gasteiger charge is 2.35. The fraction of sp³-hybridized carbons (Fsp3) is 0.941. The van der Waals surface area contributed by atoms with Gasteiger partial charge in [0.2, 0.25) is 0 Å². The molecule has 0 aromatic heterocycles. The quantitative estimate of drug-likeness (QED) is 0.867. The molecule has 1 amide bonds. The number of carbonyl (C=O) groups is 1. The van der Waals surface area contributed by atoms with Gasteiger partial charge >= 0.3 is 6.09 Å².